The number of alkyl halides is 2. The molecule has 2 rings (SSSR count). The number of ether oxygens (including phenoxy) is 1. The highest BCUT2D eigenvalue weighted by Gasteiger charge is 2.16. The number of halogens is 2. The number of furan rings is 1. The van der Waals surface area contributed by atoms with E-state index in [4.69, 9.17) is 4.42 Å². The van der Waals surface area contributed by atoms with E-state index in [1.54, 1.807) is 30.5 Å². The topological polar surface area (TPSA) is 37.6 Å². The lowest BCUT2D eigenvalue weighted by Gasteiger charge is -2.23. The van der Waals surface area contributed by atoms with Gasteiger partial charge in [0.15, 0.2) is 0 Å². The van der Waals surface area contributed by atoms with Crippen LogP contribution >= 0.6 is 0 Å². The van der Waals surface area contributed by atoms with Crippen molar-refractivity contribution in [2.24, 2.45) is 0 Å². The molecule has 1 N–H and O–H groups in total. The largest absolute Gasteiger partial charge is 0.468 e. The van der Waals surface area contributed by atoms with Crippen molar-refractivity contribution in [3.8, 4) is 5.75 Å². The zero-order valence-electron chi connectivity index (χ0n) is 12.6. The van der Waals surface area contributed by atoms with E-state index in [2.05, 4.69) is 10.1 Å². The predicted octanol–water partition coefficient (Wildman–Crippen LogP) is 3.27. The van der Waals surface area contributed by atoms with Gasteiger partial charge in [0, 0.05) is 18.7 Å². The first-order valence-electron chi connectivity index (χ1n) is 7.01. The smallest absolute Gasteiger partial charge is 0.387 e. The molecule has 1 atom stereocenters. The Morgan fingerprint density at radius 2 is 1.95 bits per heavy atom. The van der Waals surface area contributed by atoms with Gasteiger partial charge in [-0.1, -0.05) is 18.2 Å². The SMILES string of the molecule is CN(C)C(CNCc1ccccc1OC(F)F)c1ccco1. The molecular formula is C16H20F2N2O2. The number of likely N-dealkylation sites (N-methyl/N-ethyl adjacent to an activating group) is 1. The Morgan fingerprint density at radius 3 is 2.59 bits per heavy atom. The minimum absolute atomic E-state index is 0.0678. The first-order chi connectivity index (χ1) is 10.6. The van der Waals surface area contributed by atoms with Crippen molar-refractivity contribution < 1.29 is 17.9 Å². The molecule has 1 aromatic carbocycles. The van der Waals surface area contributed by atoms with Crippen molar-refractivity contribution in [1.29, 1.82) is 0 Å². The molecule has 4 nitrogen and oxygen atoms in total. The van der Waals surface area contributed by atoms with E-state index in [-0.39, 0.29) is 11.8 Å². The van der Waals surface area contributed by atoms with Gasteiger partial charge < -0.3 is 14.5 Å². The first-order valence-corrected chi connectivity index (χ1v) is 7.01. The number of hydrogen-bond acceptors (Lipinski definition) is 4. The highest BCUT2D eigenvalue weighted by molar-refractivity contribution is 5.33. The molecular weight excluding hydrogens is 290 g/mol. The van der Waals surface area contributed by atoms with Gasteiger partial charge in [-0.25, -0.2) is 0 Å². The Balaban J connectivity index is 1.95. The second kappa shape index (κ2) is 7.91. The fourth-order valence-electron chi connectivity index (χ4n) is 2.22. The van der Waals surface area contributed by atoms with Crippen LogP contribution in [0.2, 0.25) is 0 Å². The van der Waals surface area contributed by atoms with Gasteiger partial charge in [0.2, 0.25) is 0 Å². The summed E-state index contributed by atoms with van der Waals surface area (Å²) in [6.45, 7) is -1.75. The molecule has 0 aliphatic carbocycles. The fourth-order valence-corrected chi connectivity index (χ4v) is 2.22. The monoisotopic (exact) mass is 310 g/mol. The van der Waals surface area contributed by atoms with E-state index in [0.717, 1.165) is 5.76 Å². The maximum absolute atomic E-state index is 12.4. The average molecular weight is 310 g/mol. The Labute approximate surface area is 128 Å². The van der Waals surface area contributed by atoms with Crippen LogP contribution in [-0.4, -0.2) is 32.2 Å². The third kappa shape index (κ3) is 4.54. The van der Waals surface area contributed by atoms with Crippen LogP contribution < -0.4 is 10.1 Å². The van der Waals surface area contributed by atoms with E-state index in [0.29, 0.717) is 18.7 Å². The van der Waals surface area contributed by atoms with Gasteiger partial charge in [0.05, 0.1) is 12.3 Å². The van der Waals surface area contributed by atoms with Crippen molar-refractivity contribution in [2.75, 3.05) is 20.6 Å². The standard InChI is InChI=1S/C16H20F2N2O2/c1-20(2)13(15-8-5-9-21-15)11-19-10-12-6-3-4-7-14(12)22-16(17)18/h3-9,13,16,19H,10-11H2,1-2H3. The molecule has 0 radical (unpaired) electrons. The summed E-state index contributed by atoms with van der Waals surface area (Å²) in [5.41, 5.74) is 0.694. The molecule has 0 spiro atoms. The first kappa shape index (κ1) is 16.5. The number of nitrogens with one attached hydrogen (secondary N) is 1. The molecule has 1 aromatic heterocycles. The quantitative estimate of drug-likeness (QED) is 0.812. The van der Waals surface area contributed by atoms with E-state index in [1.165, 1.54) is 0 Å². The molecule has 2 aromatic rings. The molecule has 0 fully saturated rings. The maximum Gasteiger partial charge on any atom is 0.387 e. The van der Waals surface area contributed by atoms with E-state index >= 15 is 0 Å². The van der Waals surface area contributed by atoms with Crippen molar-refractivity contribution in [3.63, 3.8) is 0 Å². The van der Waals surface area contributed by atoms with Crippen molar-refractivity contribution in [1.82, 2.24) is 10.2 Å². The van der Waals surface area contributed by atoms with Crippen LogP contribution in [-0.2, 0) is 6.54 Å². The van der Waals surface area contributed by atoms with Crippen molar-refractivity contribution in [2.45, 2.75) is 19.2 Å². The second-order valence-corrected chi connectivity index (χ2v) is 5.11. The third-order valence-electron chi connectivity index (χ3n) is 3.34. The molecule has 22 heavy (non-hydrogen) atoms. The predicted molar refractivity (Wildman–Crippen MR) is 79.9 cm³/mol. The van der Waals surface area contributed by atoms with Crippen LogP contribution in [0.15, 0.2) is 47.1 Å². The highest BCUT2D eigenvalue weighted by atomic mass is 19.3. The molecule has 0 aliphatic heterocycles. The van der Waals surface area contributed by atoms with E-state index in [1.807, 2.05) is 31.1 Å². The van der Waals surface area contributed by atoms with Crippen LogP contribution in [0.5, 0.6) is 5.75 Å². The molecule has 0 saturated heterocycles. The summed E-state index contributed by atoms with van der Waals surface area (Å²) >= 11 is 0. The Kier molecular flexibility index (Phi) is 5.91. The maximum atomic E-state index is 12.4. The molecule has 0 bridgehead atoms. The Hall–Kier alpha value is -1.92. The van der Waals surface area contributed by atoms with Gasteiger partial charge in [-0.15, -0.1) is 0 Å². The lowest BCUT2D eigenvalue weighted by atomic mass is 10.1. The van der Waals surface area contributed by atoms with Crippen molar-refractivity contribution >= 4 is 0 Å². The van der Waals surface area contributed by atoms with Crippen LogP contribution in [0.3, 0.4) is 0 Å². The minimum atomic E-state index is -2.82. The molecule has 1 unspecified atom stereocenters. The summed E-state index contributed by atoms with van der Waals surface area (Å²) in [5.74, 6) is 1.05. The van der Waals surface area contributed by atoms with Gasteiger partial charge in [-0.2, -0.15) is 8.78 Å². The molecule has 120 valence electrons. The summed E-state index contributed by atoms with van der Waals surface area (Å²) in [4.78, 5) is 2.04. The summed E-state index contributed by atoms with van der Waals surface area (Å²) in [5, 5.41) is 3.26. The van der Waals surface area contributed by atoms with Gasteiger partial charge in [-0.3, -0.25) is 4.90 Å². The number of hydrogen-bond donors (Lipinski definition) is 1. The number of rotatable bonds is 8. The summed E-state index contributed by atoms with van der Waals surface area (Å²) in [7, 11) is 3.92. The fraction of sp³-hybridized carbons (Fsp3) is 0.375. The Morgan fingerprint density at radius 1 is 1.18 bits per heavy atom. The second-order valence-electron chi connectivity index (χ2n) is 5.11. The molecule has 1 heterocycles. The van der Waals surface area contributed by atoms with Crippen LogP contribution in [0, 0.1) is 0 Å². The minimum Gasteiger partial charge on any atom is -0.468 e. The van der Waals surface area contributed by atoms with Gasteiger partial charge >= 0.3 is 6.61 Å². The summed E-state index contributed by atoms with van der Waals surface area (Å²) in [6.07, 6.45) is 1.64. The molecule has 0 amide bonds. The van der Waals surface area contributed by atoms with E-state index < -0.39 is 6.61 Å². The Bertz CT molecular complexity index is 559. The normalized spacial score (nSPS) is 12.8. The van der Waals surface area contributed by atoms with Crippen molar-refractivity contribution in [3.05, 3.63) is 54.0 Å². The van der Waals surface area contributed by atoms with Crippen LogP contribution in [0.4, 0.5) is 8.78 Å². The van der Waals surface area contributed by atoms with Gasteiger partial charge in [0.1, 0.15) is 11.5 Å². The summed E-state index contributed by atoms with van der Waals surface area (Å²) in [6, 6.07) is 10.6. The van der Waals surface area contributed by atoms with Crippen LogP contribution in [0.1, 0.15) is 17.4 Å². The third-order valence-corrected chi connectivity index (χ3v) is 3.34. The number of nitrogens with zero attached hydrogens (tertiary/aromatic N) is 1. The lowest BCUT2D eigenvalue weighted by Crippen LogP contribution is -2.30. The van der Waals surface area contributed by atoms with Crippen LogP contribution in [0.25, 0.3) is 0 Å². The molecule has 6 heteroatoms. The average Bonchev–Trinajstić information content (AvgIpc) is 2.98. The zero-order chi connectivity index (χ0) is 15.9. The zero-order valence-corrected chi connectivity index (χ0v) is 12.6. The number of para-hydroxylation sites is 1. The molecule has 0 aliphatic rings. The highest BCUT2D eigenvalue weighted by Crippen LogP contribution is 2.21. The van der Waals surface area contributed by atoms with Gasteiger partial charge in [0.25, 0.3) is 0 Å². The lowest BCUT2D eigenvalue weighted by molar-refractivity contribution is -0.0505. The molecule has 0 saturated carbocycles. The number of benzene rings is 1. The van der Waals surface area contributed by atoms with E-state index in [9.17, 15) is 8.78 Å². The van der Waals surface area contributed by atoms with Gasteiger partial charge in [-0.05, 0) is 32.3 Å². The summed E-state index contributed by atoms with van der Waals surface area (Å²) < 4.78 is 34.7.